The summed E-state index contributed by atoms with van der Waals surface area (Å²) in [5, 5.41) is 0. The van der Waals surface area contributed by atoms with Crippen LogP contribution >= 0.6 is 0 Å². The van der Waals surface area contributed by atoms with Gasteiger partial charge in [-0.25, -0.2) is 0 Å². The maximum atomic E-state index is 12.5. The molecule has 0 amide bonds. The highest BCUT2D eigenvalue weighted by Crippen LogP contribution is 2.48. The van der Waals surface area contributed by atoms with Gasteiger partial charge in [-0.1, -0.05) is 39.0 Å². The van der Waals surface area contributed by atoms with Crippen LogP contribution in [0.4, 0.5) is 0 Å². The van der Waals surface area contributed by atoms with Crippen molar-refractivity contribution in [2.75, 3.05) is 0 Å². The minimum absolute atomic E-state index is 0.0169. The third-order valence-electron chi connectivity index (χ3n) is 6.18. The van der Waals surface area contributed by atoms with Crippen molar-refractivity contribution in [1.82, 2.24) is 0 Å². The first kappa shape index (κ1) is 19.2. The molecule has 4 atom stereocenters. The zero-order chi connectivity index (χ0) is 18.7. The van der Waals surface area contributed by atoms with Gasteiger partial charge in [0.05, 0.1) is 5.92 Å². The monoisotopic (exact) mass is 360 g/mol. The molecule has 144 valence electrons. The van der Waals surface area contributed by atoms with Crippen LogP contribution in [0.1, 0.15) is 72.1 Å². The van der Waals surface area contributed by atoms with E-state index in [-0.39, 0.29) is 29.9 Å². The molecule has 0 aromatic heterocycles. The number of carbonyl (C=O) groups excluding carboxylic acids is 2. The lowest BCUT2D eigenvalue weighted by atomic mass is 9.64. The number of hydrogen-bond acceptors (Lipinski definition) is 4. The summed E-state index contributed by atoms with van der Waals surface area (Å²) in [5.74, 6) is 0.257. The minimum Gasteiger partial charge on any atom is -0.462 e. The lowest BCUT2D eigenvalue weighted by Gasteiger charge is -2.48. The molecule has 1 fully saturated rings. The maximum absolute atomic E-state index is 12.5. The third-order valence-corrected chi connectivity index (χ3v) is 6.18. The largest absolute Gasteiger partial charge is 0.462 e. The molecule has 0 saturated carbocycles. The second kappa shape index (κ2) is 7.98. The lowest BCUT2D eigenvalue weighted by Crippen LogP contribution is -2.50. The standard InChI is InChI=1S/C22H32O4/c1-15(2)21(24)26-22-14-5-4-7-17(22)11-10-16(3)19(22)13-12-18-8-6-9-20(23)25-18/h7,10-11,15-16,18-19H,4-6,8-9,12-14H2,1-3H3/t16?,18-,19?,22?/m0/s1. The Hall–Kier alpha value is -1.58. The second-order valence-corrected chi connectivity index (χ2v) is 8.42. The summed E-state index contributed by atoms with van der Waals surface area (Å²) >= 11 is 0. The molecule has 4 heteroatoms. The Balaban J connectivity index is 1.80. The van der Waals surface area contributed by atoms with Crippen LogP contribution in [0.15, 0.2) is 23.8 Å². The van der Waals surface area contributed by atoms with Crippen LogP contribution in [0.5, 0.6) is 0 Å². The van der Waals surface area contributed by atoms with Crippen LogP contribution in [0.25, 0.3) is 0 Å². The number of carbonyl (C=O) groups is 2. The first-order valence-corrected chi connectivity index (χ1v) is 10.2. The first-order valence-electron chi connectivity index (χ1n) is 10.2. The quantitative estimate of drug-likeness (QED) is 0.665. The van der Waals surface area contributed by atoms with Gasteiger partial charge in [-0.2, -0.15) is 0 Å². The summed E-state index contributed by atoms with van der Waals surface area (Å²) in [6.45, 7) is 6.00. The number of esters is 2. The van der Waals surface area contributed by atoms with Crippen molar-refractivity contribution >= 4 is 11.9 Å². The van der Waals surface area contributed by atoms with Crippen molar-refractivity contribution in [2.24, 2.45) is 17.8 Å². The smallest absolute Gasteiger partial charge is 0.309 e. The Morgan fingerprint density at radius 3 is 2.88 bits per heavy atom. The van der Waals surface area contributed by atoms with Gasteiger partial charge in [-0.05, 0) is 56.4 Å². The average Bonchev–Trinajstić information content (AvgIpc) is 2.60. The molecule has 0 spiro atoms. The van der Waals surface area contributed by atoms with Gasteiger partial charge < -0.3 is 9.47 Å². The van der Waals surface area contributed by atoms with E-state index in [1.807, 2.05) is 13.8 Å². The van der Waals surface area contributed by atoms with Crippen LogP contribution in [0.3, 0.4) is 0 Å². The Morgan fingerprint density at radius 1 is 1.35 bits per heavy atom. The number of allylic oxidation sites excluding steroid dienone is 2. The van der Waals surface area contributed by atoms with Crippen molar-refractivity contribution in [2.45, 2.75) is 83.8 Å². The van der Waals surface area contributed by atoms with Gasteiger partial charge in [0.2, 0.25) is 0 Å². The molecule has 4 nitrogen and oxygen atoms in total. The van der Waals surface area contributed by atoms with Gasteiger partial charge >= 0.3 is 11.9 Å². The molecule has 3 rings (SSSR count). The zero-order valence-electron chi connectivity index (χ0n) is 16.3. The van der Waals surface area contributed by atoms with Crippen LogP contribution in [0.2, 0.25) is 0 Å². The molecule has 2 aliphatic carbocycles. The van der Waals surface area contributed by atoms with E-state index in [1.54, 1.807) is 0 Å². The van der Waals surface area contributed by atoms with Crippen molar-refractivity contribution in [3.63, 3.8) is 0 Å². The van der Waals surface area contributed by atoms with Crippen LogP contribution in [0, 0.1) is 17.8 Å². The first-order chi connectivity index (χ1) is 12.4. The normalized spacial score (nSPS) is 34.1. The van der Waals surface area contributed by atoms with Gasteiger partial charge in [-0.3, -0.25) is 9.59 Å². The SMILES string of the molecule is CC(C)C(=O)OC12CCCC=C1C=CC(C)C2CC[C@@H]1CCCC(=O)O1. The molecule has 1 heterocycles. The van der Waals surface area contributed by atoms with Crippen LogP contribution in [-0.2, 0) is 19.1 Å². The summed E-state index contributed by atoms with van der Waals surface area (Å²) in [7, 11) is 0. The molecule has 3 aliphatic rings. The summed E-state index contributed by atoms with van der Waals surface area (Å²) in [6, 6.07) is 0. The maximum Gasteiger partial charge on any atom is 0.309 e. The van der Waals surface area contributed by atoms with Crippen molar-refractivity contribution < 1.29 is 19.1 Å². The Morgan fingerprint density at radius 2 is 2.15 bits per heavy atom. The topological polar surface area (TPSA) is 52.6 Å². The second-order valence-electron chi connectivity index (χ2n) is 8.42. The number of ether oxygens (including phenoxy) is 2. The summed E-state index contributed by atoms with van der Waals surface area (Å²) in [4.78, 5) is 24.1. The van der Waals surface area contributed by atoms with Gasteiger partial charge in [0.25, 0.3) is 0 Å². The lowest BCUT2D eigenvalue weighted by molar-refractivity contribution is -0.169. The predicted octanol–water partition coefficient (Wildman–Crippen LogP) is 4.73. The number of fused-ring (bicyclic) bond motifs is 1. The third kappa shape index (κ3) is 3.89. The van der Waals surface area contributed by atoms with E-state index in [4.69, 9.17) is 9.47 Å². The number of rotatable bonds is 5. The van der Waals surface area contributed by atoms with Crippen LogP contribution < -0.4 is 0 Å². The minimum atomic E-state index is -0.507. The van der Waals surface area contributed by atoms with Crippen molar-refractivity contribution in [3.8, 4) is 0 Å². The molecule has 1 saturated heterocycles. The molecule has 0 aromatic rings. The molecule has 0 radical (unpaired) electrons. The molecule has 1 aliphatic heterocycles. The predicted molar refractivity (Wildman–Crippen MR) is 100 cm³/mol. The zero-order valence-corrected chi connectivity index (χ0v) is 16.3. The van der Waals surface area contributed by atoms with E-state index >= 15 is 0 Å². The highest BCUT2D eigenvalue weighted by Gasteiger charge is 2.49. The Labute approximate surface area is 157 Å². The molecule has 0 bridgehead atoms. The van der Waals surface area contributed by atoms with E-state index in [2.05, 4.69) is 25.2 Å². The van der Waals surface area contributed by atoms with E-state index in [1.165, 1.54) is 5.57 Å². The summed E-state index contributed by atoms with van der Waals surface area (Å²) in [5.41, 5.74) is 0.661. The fraction of sp³-hybridized carbons (Fsp3) is 0.727. The molecular weight excluding hydrogens is 328 g/mol. The van der Waals surface area contributed by atoms with Gasteiger partial charge in [0, 0.05) is 12.3 Å². The van der Waals surface area contributed by atoms with Gasteiger partial charge in [0.1, 0.15) is 11.7 Å². The molecule has 3 unspecified atom stereocenters. The van der Waals surface area contributed by atoms with Gasteiger partial charge in [0.15, 0.2) is 0 Å². The average molecular weight is 360 g/mol. The van der Waals surface area contributed by atoms with Crippen molar-refractivity contribution in [3.05, 3.63) is 23.8 Å². The summed E-state index contributed by atoms with van der Waals surface area (Å²) < 4.78 is 11.7. The fourth-order valence-corrected chi connectivity index (χ4v) is 4.69. The van der Waals surface area contributed by atoms with E-state index in [9.17, 15) is 9.59 Å². The highest BCUT2D eigenvalue weighted by atomic mass is 16.6. The highest BCUT2D eigenvalue weighted by molar-refractivity contribution is 5.73. The van der Waals surface area contributed by atoms with Gasteiger partial charge in [-0.15, -0.1) is 0 Å². The number of cyclic esters (lactones) is 1. The molecular formula is C22H32O4. The Kier molecular flexibility index (Phi) is 5.89. The number of hydrogen-bond donors (Lipinski definition) is 0. The molecule has 26 heavy (non-hydrogen) atoms. The van der Waals surface area contributed by atoms with Crippen LogP contribution in [-0.4, -0.2) is 23.6 Å². The fourth-order valence-electron chi connectivity index (χ4n) is 4.69. The van der Waals surface area contributed by atoms with E-state index in [0.717, 1.165) is 44.9 Å². The van der Waals surface area contributed by atoms with Crippen molar-refractivity contribution in [1.29, 1.82) is 0 Å². The molecule has 0 aromatic carbocycles. The molecule has 0 N–H and O–H groups in total. The Bertz CT molecular complexity index is 603. The van der Waals surface area contributed by atoms with E-state index < -0.39 is 5.60 Å². The summed E-state index contributed by atoms with van der Waals surface area (Å²) in [6.07, 6.45) is 13.8. The van der Waals surface area contributed by atoms with E-state index in [0.29, 0.717) is 12.3 Å².